The van der Waals surface area contributed by atoms with Gasteiger partial charge >= 0.3 is 0 Å². The molecule has 3 nitrogen and oxygen atoms in total. The van der Waals surface area contributed by atoms with Gasteiger partial charge in [-0.15, -0.1) is 0 Å². The molecule has 2 aliphatic heterocycles. The molecule has 0 bridgehead atoms. The fourth-order valence-corrected chi connectivity index (χ4v) is 3.01. The van der Waals surface area contributed by atoms with Crippen molar-refractivity contribution in [2.45, 2.75) is 31.3 Å². The molecular weight excluding hydrogens is 184 g/mol. The predicted molar refractivity (Wildman–Crippen MR) is 54.9 cm³/mol. The van der Waals surface area contributed by atoms with Crippen molar-refractivity contribution in [2.75, 3.05) is 18.1 Å². The van der Waals surface area contributed by atoms with Crippen molar-refractivity contribution in [3.8, 4) is 0 Å². The zero-order valence-corrected chi connectivity index (χ0v) is 8.53. The highest BCUT2D eigenvalue weighted by Crippen LogP contribution is 2.17. The van der Waals surface area contributed by atoms with Crippen molar-refractivity contribution in [3.05, 3.63) is 0 Å². The molecule has 74 valence electrons. The van der Waals surface area contributed by atoms with Crippen LogP contribution in [0.1, 0.15) is 19.3 Å². The lowest BCUT2D eigenvalue weighted by atomic mass is 10.2. The smallest absolute Gasteiger partial charge is 0.237 e. The summed E-state index contributed by atoms with van der Waals surface area (Å²) in [6.07, 6.45) is 3.28. The Labute approximate surface area is 83.0 Å². The quantitative estimate of drug-likeness (QED) is 0.676. The number of amides is 1. The largest absolute Gasteiger partial charge is 0.351 e. The summed E-state index contributed by atoms with van der Waals surface area (Å²) in [5.41, 5.74) is 0. The SMILES string of the molecule is O=C(NC1CCSC1)[C@@H]1CCCN1. The van der Waals surface area contributed by atoms with Crippen LogP contribution in [0.2, 0.25) is 0 Å². The second-order valence-electron chi connectivity index (χ2n) is 3.72. The summed E-state index contributed by atoms with van der Waals surface area (Å²) in [7, 11) is 0. The molecular formula is C9H16N2OS. The molecule has 2 rings (SSSR count). The first-order chi connectivity index (χ1) is 6.36. The van der Waals surface area contributed by atoms with E-state index in [1.54, 1.807) is 0 Å². The maximum absolute atomic E-state index is 11.6. The molecule has 0 radical (unpaired) electrons. The molecule has 4 heteroatoms. The van der Waals surface area contributed by atoms with Gasteiger partial charge in [-0.3, -0.25) is 4.79 Å². The first kappa shape index (κ1) is 9.34. The highest BCUT2D eigenvalue weighted by Gasteiger charge is 2.25. The van der Waals surface area contributed by atoms with Gasteiger partial charge in [-0.25, -0.2) is 0 Å². The lowest BCUT2D eigenvalue weighted by Crippen LogP contribution is -2.45. The van der Waals surface area contributed by atoms with Crippen molar-refractivity contribution >= 4 is 17.7 Å². The Bertz CT molecular complexity index is 186. The fourth-order valence-electron chi connectivity index (χ4n) is 1.86. The van der Waals surface area contributed by atoms with E-state index < -0.39 is 0 Å². The average Bonchev–Trinajstić information content (AvgIpc) is 2.74. The van der Waals surface area contributed by atoms with Crippen LogP contribution >= 0.6 is 11.8 Å². The predicted octanol–water partition coefficient (Wildman–Crippen LogP) is 0.360. The Hall–Kier alpha value is -0.220. The summed E-state index contributed by atoms with van der Waals surface area (Å²) in [5.74, 6) is 2.51. The van der Waals surface area contributed by atoms with Crippen LogP contribution in [0, 0.1) is 0 Å². The highest BCUT2D eigenvalue weighted by molar-refractivity contribution is 7.99. The van der Waals surface area contributed by atoms with Crippen LogP contribution in [0.15, 0.2) is 0 Å². The average molecular weight is 200 g/mol. The van der Waals surface area contributed by atoms with Gasteiger partial charge in [-0.2, -0.15) is 11.8 Å². The van der Waals surface area contributed by atoms with E-state index in [-0.39, 0.29) is 11.9 Å². The molecule has 0 aromatic rings. The lowest BCUT2D eigenvalue weighted by Gasteiger charge is -2.15. The van der Waals surface area contributed by atoms with Gasteiger partial charge in [0, 0.05) is 11.8 Å². The maximum Gasteiger partial charge on any atom is 0.237 e. The molecule has 13 heavy (non-hydrogen) atoms. The van der Waals surface area contributed by atoms with Gasteiger partial charge in [-0.05, 0) is 31.6 Å². The topological polar surface area (TPSA) is 41.1 Å². The maximum atomic E-state index is 11.6. The molecule has 2 fully saturated rings. The van der Waals surface area contributed by atoms with Gasteiger partial charge in [0.1, 0.15) is 0 Å². The van der Waals surface area contributed by atoms with Crippen molar-refractivity contribution in [2.24, 2.45) is 0 Å². The van der Waals surface area contributed by atoms with Gasteiger partial charge in [0.25, 0.3) is 0 Å². The molecule has 0 aromatic heterocycles. The summed E-state index contributed by atoms with van der Waals surface area (Å²) < 4.78 is 0. The van der Waals surface area contributed by atoms with Crippen molar-refractivity contribution in [1.82, 2.24) is 10.6 Å². The second-order valence-corrected chi connectivity index (χ2v) is 4.87. The first-order valence-corrected chi connectivity index (χ1v) is 6.13. The number of nitrogens with one attached hydrogen (secondary N) is 2. The first-order valence-electron chi connectivity index (χ1n) is 4.98. The van der Waals surface area contributed by atoms with E-state index in [0.29, 0.717) is 6.04 Å². The van der Waals surface area contributed by atoms with E-state index in [0.717, 1.165) is 31.6 Å². The summed E-state index contributed by atoms with van der Waals surface area (Å²) >= 11 is 1.93. The van der Waals surface area contributed by atoms with Gasteiger partial charge < -0.3 is 10.6 Å². The van der Waals surface area contributed by atoms with E-state index in [4.69, 9.17) is 0 Å². The van der Waals surface area contributed by atoms with Gasteiger partial charge in [0.05, 0.1) is 6.04 Å². The Morgan fingerprint density at radius 3 is 3.00 bits per heavy atom. The van der Waals surface area contributed by atoms with E-state index in [1.165, 1.54) is 5.75 Å². The van der Waals surface area contributed by atoms with Crippen LogP contribution < -0.4 is 10.6 Å². The van der Waals surface area contributed by atoms with Gasteiger partial charge in [-0.1, -0.05) is 0 Å². The summed E-state index contributed by atoms with van der Waals surface area (Å²) in [5, 5.41) is 6.31. The molecule has 2 aliphatic rings. The van der Waals surface area contributed by atoms with Crippen LogP contribution in [0.25, 0.3) is 0 Å². The minimum atomic E-state index is 0.0885. The van der Waals surface area contributed by atoms with E-state index in [1.807, 2.05) is 11.8 Å². The zero-order valence-electron chi connectivity index (χ0n) is 7.71. The third-order valence-corrected chi connectivity index (χ3v) is 3.82. The number of carbonyl (C=O) groups is 1. The molecule has 2 heterocycles. The van der Waals surface area contributed by atoms with E-state index in [2.05, 4.69) is 10.6 Å². The van der Waals surface area contributed by atoms with Crippen LogP contribution in [0.3, 0.4) is 0 Å². The number of hydrogen-bond acceptors (Lipinski definition) is 3. The molecule has 0 aromatic carbocycles. The molecule has 1 unspecified atom stereocenters. The molecule has 0 spiro atoms. The Balaban J connectivity index is 1.76. The minimum absolute atomic E-state index is 0.0885. The molecule has 2 saturated heterocycles. The molecule has 0 aliphatic carbocycles. The Morgan fingerprint density at radius 2 is 2.38 bits per heavy atom. The molecule has 2 atom stereocenters. The van der Waals surface area contributed by atoms with Crippen LogP contribution in [-0.2, 0) is 4.79 Å². The number of hydrogen-bond donors (Lipinski definition) is 2. The van der Waals surface area contributed by atoms with E-state index >= 15 is 0 Å². The van der Waals surface area contributed by atoms with Crippen molar-refractivity contribution < 1.29 is 4.79 Å². The van der Waals surface area contributed by atoms with Crippen LogP contribution in [0.5, 0.6) is 0 Å². The van der Waals surface area contributed by atoms with Crippen LogP contribution in [0.4, 0.5) is 0 Å². The zero-order chi connectivity index (χ0) is 9.10. The number of carbonyl (C=O) groups excluding carboxylic acids is 1. The molecule has 0 saturated carbocycles. The van der Waals surface area contributed by atoms with Crippen LogP contribution in [-0.4, -0.2) is 36.0 Å². The second kappa shape index (κ2) is 4.33. The van der Waals surface area contributed by atoms with Crippen molar-refractivity contribution in [3.63, 3.8) is 0 Å². The molecule has 2 N–H and O–H groups in total. The monoisotopic (exact) mass is 200 g/mol. The van der Waals surface area contributed by atoms with Crippen molar-refractivity contribution in [1.29, 1.82) is 0 Å². The molecule has 1 amide bonds. The fraction of sp³-hybridized carbons (Fsp3) is 0.889. The van der Waals surface area contributed by atoms with Gasteiger partial charge in [0.2, 0.25) is 5.91 Å². The lowest BCUT2D eigenvalue weighted by molar-refractivity contribution is -0.123. The standard InChI is InChI=1S/C9H16N2OS/c12-9(8-2-1-4-10-8)11-7-3-5-13-6-7/h7-8,10H,1-6H2,(H,11,12)/t7?,8-/m0/s1. The number of rotatable bonds is 2. The highest BCUT2D eigenvalue weighted by atomic mass is 32.2. The normalized spacial score (nSPS) is 33.5. The summed E-state index contributed by atoms with van der Waals surface area (Å²) in [6, 6.07) is 0.519. The summed E-state index contributed by atoms with van der Waals surface area (Å²) in [6.45, 7) is 0.998. The summed E-state index contributed by atoms with van der Waals surface area (Å²) in [4.78, 5) is 11.6. The Kier molecular flexibility index (Phi) is 3.11. The minimum Gasteiger partial charge on any atom is -0.351 e. The van der Waals surface area contributed by atoms with Gasteiger partial charge in [0.15, 0.2) is 0 Å². The van der Waals surface area contributed by atoms with E-state index in [9.17, 15) is 4.79 Å². The Morgan fingerprint density at radius 1 is 1.46 bits per heavy atom. The number of thioether (sulfide) groups is 1. The third kappa shape index (κ3) is 2.38. The third-order valence-electron chi connectivity index (χ3n) is 2.65.